The van der Waals surface area contributed by atoms with Gasteiger partial charge in [0, 0.05) is 57.9 Å². The van der Waals surface area contributed by atoms with Crippen LogP contribution in [0, 0.1) is 5.92 Å². The van der Waals surface area contributed by atoms with Crippen LogP contribution >= 0.6 is 0 Å². The maximum absolute atomic E-state index is 13.0. The molecule has 2 aromatic heterocycles. The van der Waals surface area contributed by atoms with Gasteiger partial charge in [0.15, 0.2) is 0 Å². The molecule has 2 aliphatic heterocycles. The highest BCUT2D eigenvalue weighted by Crippen LogP contribution is 2.23. The first kappa shape index (κ1) is 16.8. The Kier molecular flexibility index (Phi) is 4.95. The lowest BCUT2D eigenvalue weighted by Crippen LogP contribution is -2.53. The number of aromatic nitrogens is 3. The molecular weight excluding hydrogens is 328 g/mol. The minimum absolute atomic E-state index is 0.0361. The topological polar surface area (TPSA) is 65.5 Å². The van der Waals surface area contributed by atoms with Crippen molar-refractivity contribution in [2.24, 2.45) is 5.92 Å². The first-order chi connectivity index (χ1) is 12.8. The second-order valence-electron chi connectivity index (χ2n) is 6.83. The summed E-state index contributed by atoms with van der Waals surface area (Å²) < 4.78 is 0. The predicted molar refractivity (Wildman–Crippen MR) is 100.0 cm³/mol. The van der Waals surface area contributed by atoms with Gasteiger partial charge in [-0.25, -0.2) is 15.0 Å². The molecule has 0 radical (unpaired) electrons. The fraction of sp³-hybridized carbons (Fsp3) is 0.474. The zero-order valence-electron chi connectivity index (χ0n) is 14.9. The van der Waals surface area contributed by atoms with E-state index in [4.69, 9.17) is 0 Å². The second kappa shape index (κ2) is 7.68. The quantitative estimate of drug-likeness (QED) is 0.833. The van der Waals surface area contributed by atoms with E-state index in [9.17, 15) is 4.79 Å². The summed E-state index contributed by atoms with van der Waals surface area (Å²) in [6, 6.07) is 7.77. The molecule has 0 aliphatic carbocycles. The van der Waals surface area contributed by atoms with Crippen LogP contribution in [0.3, 0.4) is 0 Å². The summed E-state index contributed by atoms with van der Waals surface area (Å²) in [5, 5.41) is 0. The lowest BCUT2D eigenvalue weighted by atomic mass is 9.96. The summed E-state index contributed by atoms with van der Waals surface area (Å²) in [7, 11) is 0. The van der Waals surface area contributed by atoms with Crippen LogP contribution in [0.4, 0.5) is 11.8 Å². The van der Waals surface area contributed by atoms with E-state index in [1.165, 1.54) is 0 Å². The molecule has 4 rings (SSSR count). The molecular formula is C19H24N6O. The number of nitrogens with zero attached hydrogens (tertiary/aromatic N) is 6. The minimum Gasteiger partial charge on any atom is -0.353 e. The third-order valence-electron chi connectivity index (χ3n) is 5.17. The molecule has 26 heavy (non-hydrogen) atoms. The van der Waals surface area contributed by atoms with Crippen molar-refractivity contribution in [3.63, 3.8) is 0 Å². The van der Waals surface area contributed by atoms with Crippen molar-refractivity contribution >= 4 is 17.7 Å². The molecule has 2 aliphatic rings. The van der Waals surface area contributed by atoms with Crippen LogP contribution in [0.5, 0.6) is 0 Å². The fourth-order valence-electron chi connectivity index (χ4n) is 3.77. The highest BCUT2D eigenvalue weighted by molar-refractivity contribution is 5.80. The number of pyridine rings is 1. The van der Waals surface area contributed by atoms with E-state index in [2.05, 4.69) is 24.8 Å². The Balaban J connectivity index is 1.35. The highest BCUT2D eigenvalue weighted by atomic mass is 16.2. The molecule has 7 nitrogen and oxygen atoms in total. The number of anilines is 2. The number of piperidine rings is 1. The summed E-state index contributed by atoms with van der Waals surface area (Å²) in [5.74, 6) is 2.02. The van der Waals surface area contributed by atoms with Crippen LogP contribution in [-0.4, -0.2) is 65.0 Å². The van der Waals surface area contributed by atoms with E-state index < -0.39 is 0 Å². The summed E-state index contributed by atoms with van der Waals surface area (Å²) in [6.07, 6.45) is 7.27. The van der Waals surface area contributed by atoms with Crippen LogP contribution in [0.15, 0.2) is 42.9 Å². The Bertz CT molecular complexity index is 717. The first-order valence-corrected chi connectivity index (χ1v) is 9.28. The van der Waals surface area contributed by atoms with E-state index in [0.717, 1.165) is 57.3 Å². The maximum Gasteiger partial charge on any atom is 0.227 e. The van der Waals surface area contributed by atoms with Gasteiger partial charge in [-0.2, -0.15) is 0 Å². The summed E-state index contributed by atoms with van der Waals surface area (Å²) in [5.41, 5.74) is 0. The average Bonchev–Trinajstić information content (AvgIpc) is 2.75. The molecule has 2 saturated heterocycles. The van der Waals surface area contributed by atoms with Gasteiger partial charge in [0.2, 0.25) is 11.9 Å². The molecule has 0 saturated carbocycles. The van der Waals surface area contributed by atoms with Crippen molar-refractivity contribution in [2.75, 3.05) is 49.1 Å². The molecule has 0 bridgehead atoms. The third-order valence-corrected chi connectivity index (χ3v) is 5.17. The summed E-state index contributed by atoms with van der Waals surface area (Å²) in [4.78, 5) is 32.5. The SMILES string of the molecule is O=C([C@H]1CCCN(c2ncccn2)C1)N1CCN(c2ccccn2)CC1. The molecule has 0 spiro atoms. The van der Waals surface area contributed by atoms with E-state index >= 15 is 0 Å². The van der Waals surface area contributed by atoms with E-state index in [-0.39, 0.29) is 11.8 Å². The van der Waals surface area contributed by atoms with Crippen molar-refractivity contribution in [3.8, 4) is 0 Å². The van der Waals surface area contributed by atoms with Gasteiger partial charge in [-0.3, -0.25) is 4.79 Å². The van der Waals surface area contributed by atoms with Crippen LogP contribution in [0.25, 0.3) is 0 Å². The third kappa shape index (κ3) is 3.61. The second-order valence-corrected chi connectivity index (χ2v) is 6.83. The standard InChI is InChI=1S/C19H24N6O/c26-18(16-5-3-10-25(15-16)19-21-8-4-9-22-19)24-13-11-23(12-14-24)17-6-1-2-7-20-17/h1-2,4,6-9,16H,3,5,10-15H2/t16-/m0/s1. The number of amides is 1. The van der Waals surface area contributed by atoms with Crippen molar-refractivity contribution in [1.82, 2.24) is 19.9 Å². The average molecular weight is 352 g/mol. The molecule has 7 heteroatoms. The van der Waals surface area contributed by atoms with E-state index in [1.54, 1.807) is 12.4 Å². The molecule has 4 heterocycles. The predicted octanol–water partition coefficient (Wildman–Crippen LogP) is 1.44. The van der Waals surface area contributed by atoms with Gasteiger partial charge in [0.1, 0.15) is 5.82 Å². The molecule has 0 unspecified atom stereocenters. The molecule has 0 N–H and O–H groups in total. The number of carbonyl (C=O) groups is 1. The van der Waals surface area contributed by atoms with Crippen LogP contribution in [-0.2, 0) is 4.79 Å². The summed E-state index contributed by atoms with van der Waals surface area (Å²) in [6.45, 7) is 4.81. The number of rotatable bonds is 3. The zero-order valence-corrected chi connectivity index (χ0v) is 14.9. The molecule has 2 fully saturated rings. The smallest absolute Gasteiger partial charge is 0.227 e. The van der Waals surface area contributed by atoms with E-state index in [0.29, 0.717) is 6.54 Å². The lowest BCUT2D eigenvalue weighted by Gasteiger charge is -2.39. The molecule has 0 aromatic carbocycles. The van der Waals surface area contributed by atoms with Gasteiger partial charge >= 0.3 is 0 Å². The first-order valence-electron chi connectivity index (χ1n) is 9.28. The van der Waals surface area contributed by atoms with Gasteiger partial charge in [0.25, 0.3) is 0 Å². The van der Waals surface area contributed by atoms with Gasteiger partial charge in [-0.1, -0.05) is 6.07 Å². The molecule has 2 aromatic rings. The Morgan fingerprint density at radius 1 is 0.885 bits per heavy atom. The highest BCUT2D eigenvalue weighted by Gasteiger charge is 2.31. The van der Waals surface area contributed by atoms with Crippen molar-refractivity contribution < 1.29 is 4.79 Å². The van der Waals surface area contributed by atoms with Crippen molar-refractivity contribution in [3.05, 3.63) is 42.9 Å². The lowest BCUT2D eigenvalue weighted by molar-refractivity contribution is -0.136. The Hall–Kier alpha value is -2.70. The zero-order chi connectivity index (χ0) is 17.8. The fourth-order valence-corrected chi connectivity index (χ4v) is 3.77. The number of piperazine rings is 1. The van der Waals surface area contributed by atoms with Crippen LogP contribution in [0.1, 0.15) is 12.8 Å². The van der Waals surface area contributed by atoms with Crippen LogP contribution in [0.2, 0.25) is 0 Å². The van der Waals surface area contributed by atoms with Crippen molar-refractivity contribution in [1.29, 1.82) is 0 Å². The largest absolute Gasteiger partial charge is 0.353 e. The Morgan fingerprint density at radius 2 is 1.65 bits per heavy atom. The molecule has 1 amide bonds. The van der Waals surface area contributed by atoms with Gasteiger partial charge < -0.3 is 14.7 Å². The maximum atomic E-state index is 13.0. The monoisotopic (exact) mass is 352 g/mol. The number of hydrogen-bond donors (Lipinski definition) is 0. The Labute approximate surface area is 153 Å². The number of carbonyl (C=O) groups excluding carboxylic acids is 1. The minimum atomic E-state index is 0.0361. The van der Waals surface area contributed by atoms with Gasteiger partial charge in [0.05, 0.1) is 5.92 Å². The van der Waals surface area contributed by atoms with E-state index in [1.807, 2.05) is 35.4 Å². The number of hydrogen-bond acceptors (Lipinski definition) is 6. The van der Waals surface area contributed by atoms with Crippen LogP contribution < -0.4 is 9.80 Å². The molecule has 136 valence electrons. The van der Waals surface area contributed by atoms with Gasteiger partial charge in [-0.05, 0) is 31.0 Å². The molecule has 1 atom stereocenters. The summed E-state index contributed by atoms with van der Waals surface area (Å²) >= 11 is 0. The van der Waals surface area contributed by atoms with Gasteiger partial charge in [-0.15, -0.1) is 0 Å². The Morgan fingerprint density at radius 3 is 2.38 bits per heavy atom. The normalized spacial score (nSPS) is 20.9. The van der Waals surface area contributed by atoms with Crippen molar-refractivity contribution in [2.45, 2.75) is 12.8 Å².